The molecule has 1 saturated heterocycles. The number of halogens is 1. The molecule has 8 nitrogen and oxygen atoms in total. The highest BCUT2D eigenvalue weighted by Gasteiger charge is 2.27. The number of nitrogens with zero attached hydrogens (tertiary/aromatic N) is 4. The van der Waals surface area contributed by atoms with Crippen LogP contribution in [0.15, 0.2) is 65.8 Å². The van der Waals surface area contributed by atoms with E-state index in [1.165, 1.54) is 17.7 Å². The molecule has 0 saturated carbocycles. The number of carbonyl (C=O) groups is 1. The summed E-state index contributed by atoms with van der Waals surface area (Å²) in [6.07, 6.45) is 7.86. The van der Waals surface area contributed by atoms with Crippen molar-refractivity contribution in [3.63, 3.8) is 0 Å². The maximum Gasteiger partial charge on any atom is 0.323 e. The number of aromatic nitrogens is 4. The van der Waals surface area contributed by atoms with Gasteiger partial charge in [-0.3, -0.25) is 14.7 Å². The third-order valence-electron chi connectivity index (χ3n) is 8.24. The van der Waals surface area contributed by atoms with Crippen LogP contribution in [0.3, 0.4) is 0 Å². The molecule has 4 heterocycles. The molecular weight excluding hydrogens is 519 g/mol. The Bertz CT molecular complexity index is 1780. The van der Waals surface area contributed by atoms with Gasteiger partial charge in [0, 0.05) is 43.5 Å². The topological polar surface area (TPSA) is 90.0 Å². The number of likely N-dealkylation sites (tertiary alicyclic amines) is 1. The Morgan fingerprint density at radius 3 is 2.78 bits per heavy atom. The van der Waals surface area contributed by atoms with E-state index in [-0.39, 0.29) is 23.6 Å². The predicted molar refractivity (Wildman–Crippen MR) is 159 cm³/mol. The minimum atomic E-state index is -0.434. The number of pyridine rings is 1. The summed E-state index contributed by atoms with van der Waals surface area (Å²) in [4.78, 5) is 39.6. The average Bonchev–Trinajstić information content (AvgIpc) is 3.53. The van der Waals surface area contributed by atoms with Gasteiger partial charge in [0.15, 0.2) is 0 Å². The molecule has 1 amide bonds. The number of H-pyrrole nitrogens is 2. The second kappa shape index (κ2) is 11.0. The van der Waals surface area contributed by atoms with Gasteiger partial charge in [-0.15, -0.1) is 0 Å². The predicted octanol–water partition coefficient (Wildman–Crippen LogP) is 5.58. The number of aromatic amines is 2. The van der Waals surface area contributed by atoms with Crippen molar-refractivity contribution in [2.45, 2.75) is 52.1 Å². The van der Waals surface area contributed by atoms with E-state index in [0.717, 1.165) is 60.0 Å². The van der Waals surface area contributed by atoms with Crippen molar-refractivity contribution in [2.75, 3.05) is 19.6 Å². The molecule has 0 radical (unpaired) electrons. The molecule has 41 heavy (non-hydrogen) atoms. The minimum Gasteiger partial charge on any atom is -0.336 e. The van der Waals surface area contributed by atoms with E-state index in [1.54, 1.807) is 17.2 Å². The molecule has 1 fully saturated rings. The molecule has 5 aromatic rings. The minimum absolute atomic E-state index is 0.00585. The van der Waals surface area contributed by atoms with E-state index < -0.39 is 5.82 Å². The van der Waals surface area contributed by atoms with Crippen molar-refractivity contribution in [1.82, 2.24) is 29.3 Å². The zero-order valence-corrected chi connectivity index (χ0v) is 23.7. The van der Waals surface area contributed by atoms with Gasteiger partial charge in [0.05, 0.1) is 34.0 Å². The van der Waals surface area contributed by atoms with Crippen LogP contribution in [0, 0.1) is 5.82 Å². The summed E-state index contributed by atoms with van der Waals surface area (Å²) in [6, 6.07) is 12.5. The maximum atomic E-state index is 14.5. The molecule has 0 aliphatic carbocycles. The zero-order valence-electron chi connectivity index (χ0n) is 23.7. The smallest absolute Gasteiger partial charge is 0.323 e. The Balaban J connectivity index is 1.34. The highest BCUT2D eigenvalue weighted by molar-refractivity contribution is 5.99. The van der Waals surface area contributed by atoms with E-state index in [2.05, 4.69) is 32.1 Å². The summed E-state index contributed by atoms with van der Waals surface area (Å²) in [6.45, 7) is 9.09. The van der Waals surface area contributed by atoms with Crippen LogP contribution in [0.4, 0.5) is 4.39 Å². The molecule has 3 aromatic heterocycles. The lowest BCUT2D eigenvalue weighted by atomic mass is 9.90. The van der Waals surface area contributed by atoms with E-state index in [4.69, 9.17) is 0 Å². The maximum absolute atomic E-state index is 14.5. The van der Waals surface area contributed by atoms with Crippen molar-refractivity contribution in [3.05, 3.63) is 94.0 Å². The third kappa shape index (κ3) is 5.17. The van der Waals surface area contributed by atoms with Crippen molar-refractivity contribution in [2.24, 2.45) is 0 Å². The molecule has 9 heteroatoms. The van der Waals surface area contributed by atoms with Crippen LogP contribution < -0.4 is 5.69 Å². The second-order valence-electron chi connectivity index (χ2n) is 11.2. The van der Waals surface area contributed by atoms with Gasteiger partial charge in [0.1, 0.15) is 5.82 Å². The Kier molecular flexibility index (Phi) is 7.21. The summed E-state index contributed by atoms with van der Waals surface area (Å²) in [7, 11) is 0. The Hall–Kier alpha value is -4.24. The van der Waals surface area contributed by atoms with Gasteiger partial charge in [0.25, 0.3) is 5.91 Å². The van der Waals surface area contributed by atoms with Crippen molar-refractivity contribution >= 4 is 27.8 Å². The van der Waals surface area contributed by atoms with Crippen LogP contribution in [0.2, 0.25) is 0 Å². The fraction of sp³-hybridized carbons (Fsp3) is 0.344. The van der Waals surface area contributed by atoms with Gasteiger partial charge in [0.2, 0.25) is 0 Å². The van der Waals surface area contributed by atoms with Crippen LogP contribution in [0.1, 0.15) is 61.0 Å². The fourth-order valence-electron chi connectivity index (χ4n) is 6.30. The number of nitrogens with one attached hydrogen (secondary N) is 2. The largest absolute Gasteiger partial charge is 0.336 e. The fourth-order valence-corrected chi connectivity index (χ4v) is 6.30. The second-order valence-corrected chi connectivity index (χ2v) is 11.2. The number of rotatable bonds is 7. The third-order valence-corrected chi connectivity index (χ3v) is 8.24. The first-order chi connectivity index (χ1) is 19.8. The summed E-state index contributed by atoms with van der Waals surface area (Å²) < 4.78 is 16.5. The van der Waals surface area contributed by atoms with Crippen LogP contribution >= 0.6 is 0 Å². The molecule has 212 valence electrons. The molecule has 2 aromatic carbocycles. The summed E-state index contributed by atoms with van der Waals surface area (Å²) >= 11 is 0. The van der Waals surface area contributed by atoms with E-state index in [0.29, 0.717) is 17.8 Å². The van der Waals surface area contributed by atoms with Gasteiger partial charge >= 0.3 is 5.69 Å². The van der Waals surface area contributed by atoms with Crippen LogP contribution in [-0.2, 0) is 6.54 Å². The molecule has 1 atom stereocenters. The SMILES string of the molecule is CCN(C(=O)c1cc(F)ccc1-n1cc([C@H]2CCCN(Cc3ccc4[nH]c(=O)[nH]c4c3)C2)c2ccncc21)C(C)C. The molecule has 0 unspecified atom stereocenters. The number of amides is 1. The first-order valence-electron chi connectivity index (χ1n) is 14.3. The lowest BCUT2D eigenvalue weighted by Gasteiger charge is -2.32. The highest BCUT2D eigenvalue weighted by atomic mass is 19.1. The molecule has 2 N–H and O–H groups in total. The van der Waals surface area contributed by atoms with Crippen LogP contribution in [-0.4, -0.2) is 60.9 Å². The van der Waals surface area contributed by atoms with Gasteiger partial charge in [-0.25, -0.2) is 9.18 Å². The molecule has 6 rings (SSSR count). The molecule has 0 spiro atoms. The lowest BCUT2D eigenvalue weighted by Crippen LogP contribution is -2.37. The Morgan fingerprint density at radius 1 is 1.15 bits per heavy atom. The standard InChI is InChI=1S/C32H35FN6O2/c1-4-38(20(2)3)31(40)25-15-23(33)8-10-29(25)39-19-26(24-11-12-34-16-30(24)39)22-6-5-13-37(18-22)17-21-7-9-27-28(14-21)36-32(41)35-27/h7-12,14-16,19-20,22H,4-6,13,17-18H2,1-3H3,(H2,35,36,41)/t22-/m0/s1. The van der Waals surface area contributed by atoms with E-state index in [9.17, 15) is 14.0 Å². The molecular formula is C32H35FN6O2. The molecule has 1 aliphatic heterocycles. The molecule has 1 aliphatic rings. The average molecular weight is 555 g/mol. The molecule has 0 bridgehead atoms. The summed E-state index contributed by atoms with van der Waals surface area (Å²) in [5.74, 6) is -0.335. The van der Waals surface area contributed by atoms with Crippen molar-refractivity contribution < 1.29 is 9.18 Å². The zero-order chi connectivity index (χ0) is 28.7. The van der Waals surface area contributed by atoms with Gasteiger partial charge in [-0.2, -0.15) is 0 Å². The normalized spacial score (nSPS) is 16.2. The number of carbonyl (C=O) groups excluding carboxylic acids is 1. The van der Waals surface area contributed by atoms with E-state index in [1.807, 2.05) is 49.7 Å². The summed E-state index contributed by atoms with van der Waals surface area (Å²) in [5.41, 5.74) is 5.69. The van der Waals surface area contributed by atoms with E-state index >= 15 is 0 Å². The number of piperidine rings is 1. The monoisotopic (exact) mass is 554 g/mol. The number of hydrogen-bond acceptors (Lipinski definition) is 4. The first-order valence-corrected chi connectivity index (χ1v) is 14.3. The number of benzene rings is 2. The van der Waals surface area contributed by atoms with Crippen molar-refractivity contribution in [1.29, 1.82) is 0 Å². The highest BCUT2D eigenvalue weighted by Crippen LogP contribution is 2.36. The van der Waals surface area contributed by atoms with Crippen LogP contribution in [0.25, 0.3) is 27.6 Å². The van der Waals surface area contributed by atoms with Gasteiger partial charge in [-0.1, -0.05) is 6.07 Å². The van der Waals surface area contributed by atoms with Crippen molar-refractivity contribution in [3.8, 4) is 5.69 Å². The number of imidazole rings is 1. The van der Waals surface area contributed by atoms with Crippen LogP contribution in [0.5, 0.6) is 0 Å². The first kappa shape index (κ1) is 27.0. The number of fused-ring (bicyclic) bond motifs is 2. The van der Waals surface area contributed by atoms with Gasteiger partial charge < -0.3 is 19.4 Å². The number of hydrogen-bond donors (Lipinski definition) is 2. The Labute approximate surface area is 237 Å². The lowest BCUT2D eigenvalue weighted by molar-refractivity contribution is 0.0716. The quantitative estimate of drug-likeness (QED) is 0.275. The van der Waals surface area contributed by atoms with Gasteiger partial charge in [-0.05, 0) is 93.6 Å². The summed E-state index contributed by atoms with van der Waals surface area (Å²) in [5, 5.41) is 1.09. The Morgan fingerprint density at radius 2 is 1.98 bits per heavy atom.